The SMILES string of the molecule is CSC(C)CNc1cnc(C#N)cn1. The van der Waals surface area contributed by atoms with Crippen LogP contribution in [0.2, 0.25) is 0 Å². The number of nitriles is 1. The Balaban J connectivity index is 2.49. The van der Waals surface area contributed by atoms with Crippen molar-refractivity contribution in [3.63, 3.8) is 0 Å². The van der Waals surface area contributed by atoms with E-state index in [1.165, 1.54) is 6.20 Å². The van der Waals surface area contributed by atoms with Gasteiger partial charge in [0.1, 0.15) is 11.9 Å². The fourth-order valence-corrected chi connectivity index (χ4v) is 1.06. The molecule has 1 aromatic rings. The van der Waals surface area contributed by atoms with E-state index in [2.05, 4.69) is 28.5 Å². The molecule has 74 valence electrons. The van der Waals surface area contributed by atoms with Crippen LogP contribution in [0, 0.1) is 11.3 Å². The van der Waals surface area contributed by atoms with E-state index in [-0.39, 0.29) is 0 Å². The molecule has 0 aliphatic carbocycles. The minimum absolute atomic E-state index is 0.341. The van der Waals surface area contributed by atoms with Crippen molar-refractivity contribution >= 4 is 17.6 Å². The molecule has 0 spiro atoms. The van der Waals surface area contributed by atoms with Gasteiger partial charge in [-0.3, -0.25) is 0 Å². The summed E-state index contributed by atoms with van der Waals surface area (Å²) in [4.78, 5) is 7.96. The second-order valence-corrected chi connectivity index (χ2v) is 4.10. The molecule has 1 heterocycles. The van der Waals surface area contributed by atoms with Gasteiger partial charge in [0.2, 0.25) is 0 Å². The monoisotopic (exact) mass is 208 g/mol. The van der Waals surface area contributed by atoms with E-state index in [1.807, 2.05) is 6.07 Å². The van der Waals surface area contributed by atoms with Crippen LogP contribution in [0.1, 0.15) is 12.6 Å². The van der Waals surface area contributed by atoms with Crippen LogP contribution in [-0.2, 0) is 0 Å². The largest absolute Gasteiger partial charge is 0.368 e. The van der Waals surface area contributed by atoms with Crippen molar-refractivity contribution in [2.75, 3.05) is 18.1 Å². The molecule has 0 aliphatic heterocycles. The third-order valence-corrected chi connectivity index (χ3v) is 2.71. The van der Waals surface area contributed by atoms with E-state index in [4.69, 9.17) is 5.26 Å². The fraction of sp³-hybridized carbons (Fsp3) is 0.444. The lowest BCUT2D eigenvalue weighted by molar-refractivity contribution is 0.984. The maximum absolute atomic E-state index is 8.51. The average Bonchev–Trinajstić information content (AvgIpc) is 2.26. The summed E-state index contributed by atoms with van der Waals surface area (Å²) in [6, 6.07) is 1.92. The zero-order valence-corrected chi connectivity index (χ0v) is 9.01. The van der Waals surface area contributed by atoms with Gasteiger partial charge in [0.15, 0.2) is 5.69 Å². The summed E-state index contributed by atoms with van der Waals surface area (Å²) >= 11 is 1.79. The normalized spacial score (nSPS) is 11.8. The zero-order chi connectivity index (χ0) is 10.4. The van der Waals surface area contributed by atoms with Gasteiger partial charge in [-0.25, -0.2) is 9.97 Å². The van der Waals surface area contributed by atoms with Gasteiger partial charge in [-0.05, 0) is 6.26 Å². The molecule has 1 N–H and O–H groups in total. The lowest BCUT2D eigenvalue weighted by Crippen LogP contribution is -2.13. The van der Waals surface area contributed by atoms with Gasteiger partial charge in [-0.1, -0.05) is 6.92 Å². The van der Waals surface area contributed by atoms with Crippen molar-refractivity contribution in [1.29, 1.82) is 5.26 Å². The van der Waals surface area contributed by atoms with E-state index < -0.39 is 0 Å². The highest BCUT2D eigenvalue weighted by molar-refractivity contribution is 7.99. The summed E-state index contributed by atoms with van der Waals surface area (Å²) in [6.07, 6.45) is 5.11. The number of nitrogens with one attached hydrogen (secondary N) is 1. The first-order chi connectivity index (χ1) is 6.76. The Labute approximate surface area is 87.8 Å². The van der Waals surface area contributed by atoms with Crippen molar-refractivity contribution in [2.45, 2.75) is 12.2 Å². The van der Waals surface area contributed by atoms with Crippen LogP contribution >= 0.6 is 11.8 Å². The Hall–Kier alpha value is -1.28. The van der Waals surface area contributed by atoms with Crippen LogP contribution in [0.15, 0.2) is 12.4 Å². The molecular formula is C9H12N4S. The zero-order valence-electron chi connectivity index (χ0n) is 8.19. The first kappa shape index (κ1) is 10.8. The number of hydrogen-bond donors (Lipinski definition) is 1. The van der Waals surface area contributed by atoms with Crippen LogP contribution in [0.4, 0.5) is 5.82 Å². The molecule has 1 unspecified atom stereocenters. The number of thioether (sulfide) groups is 1. The Morgan fingerprint density at radius 2 is 2.36 bits per heavy atom. The van der Waals surface area contributed by atoms with Crippen molar-refractivity contribution in [3.05, 3.63) is 18.1 Å². The molecule has 5 heteroatoms. The molecule has 1 rings (SSSR count). The van der Waals surface area contributed by atoms with Crippen LogP contribution in [0.25, 0.3) is 0 Å². The van der Waals surface area contributed by atoms with Crippen LogP contribution in [0.5, 0.6) is 0 Å². The minimum Gasteiger partial charge on any atom is -0.368 e. The van der Waals surface area contributed by atoms with E-state index in [1.54, 1.807) is 18.0 Å². The molecule has 0 fully saturated rings. The van der Waals surface area contributed by atoms with E-state index in [0.717, 1.165) is 6.54 Å². The van der Waals surface area contributed by atoms with Crippen LogP contribution < -0.4 is 5.32 Å². The smallest absolute Gasteiger partial charge is 0.158 e. The van der Waals surface area contributed by atoms with Gasteiger partial charge in [-0.2, -0.15) is 17.0 Å². The Kier molecular flexibility index (Phi) is 4.20. The molecule has 0 amide bonds. The molecule has 0 radical (unpaired) electrons. The second kappa shape index (κ2) is 5.45. The van der Waals surface area contributed by atoms with Gasteiger partial charge in [-0.15, -0.1) is 0 Å². The van der Waals surface area contributed by atoms with Gasteiger partial charge >= 0.3 is 0 Å². The fourth-order valence-electron chi connectivity index (χ4n) is 0.809. The third-order valence-electron chi connectivity index (χ3n) is 1.74. The first-order valence-electron chi connectivity index (χ1n) is 4.25. The Morgan fingerprint density at radius 3 is 2.86 bits per heavy atom. The van der Waals surface area contributed by atoms with E-state index >= 15 is 0 Å². The molecule has 0 saturated carbocycles. The average molecular weight is 208 g/mol. The van der Waals surface area contributed by atoms with Crippen molar-refractivity contribution in [2.24, 2.45) is 0 Å². The van der Waals surface area contributed by atoms with Gasteiger partial charge in [0.25, 0.3) is 0 Å². The highest BCUT2D eigenvalue weighted by Gasteiger charge is 2.00. The molecule has 0 bridgehead atoms. The highest BCUT2D eigenvalue weighted by Crippen LogP contribution is 2.06. The maximum atomic E-state index is 8.51. The molecule has 1 aromatic heterocycles. The number of nitrogens with zero attached hydrogens (tertiary/aromatic N) is 3. The molecule has 4 nitrogen and oxygen atoms in total. The standard InChI is InChI=1S/C9H12N4S/c1-7(14-2)4-12-9-6-11-8(3-10)5-13-9/h5-7H,4H2,1-2H3,(H,12,13). The first-order valence-corrected chi connectivity index (χ1v) is 5.54. The van der Waals surface area contributed by atoms with Crippen molar-refractivity contribution in [3.8, 4) is 6.07 Å². The number of anilines is 1. The van der Waals surface area contributed by atoms with Gasteiger partial charge in [0.05, 0.1) is 12.4 Å². The summed E-state index contributed by atoms with van der Waals surface area (Å²) in [5.74, 6) is 0.713. The van der Waals surface area contributed by atoms with Crippen molar-refractivity contribution in [1.82, 2.24) is 9.97 Å². The quantitative estimate of drug-likeness (QED) is 0.812. The predicted molar refractivity (Wildman–Crippen MR) is 58.2 cm³/mol. The topological polar surface area (TPSA) is 61.6 Å². The van der Waals surface area contributed by atoms with Gasteiger partial charge < -0.3 is 5.32 Å². The van der Waals surface area contributed by atoms with Gasteiger partial charge in [0, 0.05) is 11.8 Å². The maximum Gasteiger partial charge on any atom is 0.158 e. The third kappa shape index (κ3) is 3.23. The summed E-state index contributed by atoms with van der Waals surface area (Å²) in [5, 5.41) is 12.2. The van der Waals surface area contributed by atoms with E-state index in [9.17, 15) is 0 Å². The summed E-state index contributed by atoms with van der Waals surface area (Å²) in [5.41, 5.74) is 0.341. The second-order valence-electron chi connectivity index (χ2n) is 2.83. The molecule has 0 aliphatic rings. The lowest BCUT2D eigenvalue weighted by Gasteiger charge is -2.09. The summed E-state index contributed by atoms with van der Waals surface area (Å²) < 4.78 is 0. The molecule has 0 aromatic carbocycles. The predicted octanol–water partition coefficient (Wildman–Crippen LogP) is 1.51. The lowest BCUT2D eigenvalue weighted by atomic mass is 10.4. The molecular weight excluding hydrogens is 196 g/mol. The van der Waals surface area contributed by atoms with E-state index in [0.29, 0.717) is 16.8 Å². The Bertz CT molecular complexity index is 317. The van der Waals surface area contributed by atoms with Crippen LogP contribution in [0.3, 0.4) is 0 Å². The number of rotatable bonds is 4. The molecule has 0 saturated heterocycles. The number of aromatic nitrogens is 2. The summed E-state index contributed by atoms with van der Waals surface area (Å²) in [7, 11) is 0. The summed E-state index contributed by atoms with van der Waals surface area (Å²) in [6.45, 7) is 2.98. The van der Waals surface area contributed by atoms with Crippen molar-refractivity contribution < 1.29 is 0 Å². The molecule has 1 atom stereocenters. The Morgan fingerprint density at radius 1 is 1.57 bits per heavy atom. The highest BCUT2D eigenvalue weighted by atomic mass is 32.2. The van der Waals surface area contributed by atoms with Crippen LogP contribution in [-0.4, -0.2) is 28.0 Å². The molecule has 14 heavy (non-hydrogen) atoms. The number of hydrogen-bond acceptors (Lipinski definition) is 5. The minimum atomic E-state index is 0.341.